The molecular formula is C19H24ClN3. The Kier molecular flexibility index (Phi) is 2.85. The van der Waals surface area contributed by atoms with E-state index in [9.17, 15) is 0 Å². The molecule has 1 fully saturated rings. The minimum atomic E-state index is -2.55. The molecule has 2 aromatic rings. The van der Waals surface area contributed by atoms with Gasteiger partial charge in [-0.2, -0.15) is 0 Å². The topological polar surface area (TPSA) is 21.1 Å². The second-order valence-corrected chi connectivity index (χ2v) is 6.49. The minimum Gasteiger partial charge on any atom is -0.323 e. The SMILES string of the molecule is [2H]C1([2H])C=C(Cn2c(CN3CCCC3)nc3ccccc32)C([2H])([2H])C([2H])([2H])C1Cl. The zero-order chi connectivity index (χ0) is 21.0. The highest BCUT2D eigenvalue weighted by atomic mass is 35.5. The summed E-state index contributed by atoms with van der Waals surface area (Å²) in [4.78, 5) is 7.04. The first-order chi connectivity index (χ1) is 13.5. The van der Waals surface area contributed by atoms with Crippen LogP contribution < -0.4 is 0 Å². The molecule has 1 saturated heterocycles. The molecule has 1 aliphatic heterocycles. The van der Waals surface area contributed by atoms with E-state index in [4.69, 9.17) is 24.8 Å². The number of halogens is 1. The quantitative estimate of drug-likeness (QED) is 0.612. The molecule has 2 aliphatic rings. The Labute approximate surface area is 151 Å². The summed E-state index contributed by atoms with van der Waals surface area (Å²) in [5.41, 5.74) is 1.67. The summed E-state index contributed by atoms with van der Waals surface area (Å²) in [5.74, 6) is 0.777. The standard InChI is InChI=1S/C19H24ClN3/c20-16-9-7-15(8-10-16)13-23-18-6-2-1-5-17(18)21-19(23)14-22-11-3-4-12-22/h1-2,5-7,16H,3-4,8-14H2/i8D2,9D2,10D2. The van der Waals surface area contributed by atoms with Crippen molar-refractivity contribution in [1.29, 1.82) is 0 Å². The number of fused-ring (bicyclic) bond motifs is 1. The number of para-hydroxylation sites is 2. The van der Waals surface area contributed by atoms with Crippen molar-refractivity contribution in [2.24, 2.45) is 0 Å². The van der Waals surface area contributed by atoms with Crippen molar-refractivity contribution in [3.63, 3.8) is 0 Å². The van der Waals surface area contributed by atoms with Gasteiger partial charge in [0.1, 0.15) is 5.82 Å². The predicted octanol–water partition coefficient (Wildman–Crippen LogP) is 4.35. The van der Waals surface area contributed by atoms with Crippen molar-refractivity contribution in [3.05, 3.63) is 41.7 Å². The summed E-state index contributed by atoms with van der Waals surface area (Å²) >= 11 is 6.01. The van der Waals surface area contributed by atoms with E-state index < -0.39 is 24.5 Å². The van der Waals surface area contributed by atoms with Crippen LogP contribution in [0.15, 0.2) is 35.9 Å². The number of aromatic nitrogens is 2. The van der Waals surface area contributed by atoms with Crippen LogP contribution in [-0.4, -0.2) is 32.9 Å². The summed E-state index contributed by atoms with van der Waals surface area (Å²) in [6.45, 7) is 2.64. The van der Waals surface area contributed by atoms with E-state index >= 15 is 0 Å². The molecule has 2 heterocycles. The summed E-state index contributed by atoms with van der Waals surface area (Å²) in [7, 11) is 0. The Morgan fingerprint density at radius 2 is 2.04 bits per heavy atom. The molecular weight excluding hydrogens is 306 g/mol. The first-order valence-electron chi connectivity index (χ1n) is 11.1. The second-order valence-electron chi connectivity index (χ2n) is 6.05. The predicted molar refractivity (Wildman–Crippen MR) is 95.8 cm³/mol. The number of allylic oxidation sites excluding steroid dienone is 2. The number of hydrogen-bond donors (Lipinski definition) is 0. The Hall–Kier alpha value is -1.32. The van der Waals surface area contributed by atoms with Gasteiger partial charge in [0, 0.05) is 20.1 Å². The van der Waals surface area contributed by atoms with Crippen LogP contribution in [0.3, 0.4) is 0 Å². The lowest BCUT2D eigenvalue weighted by atomic mass is 9.99. The van der Waals surface area contributed by atoms with Gasteiger partial charge in [-0.1, -0.05) is 23.8 Å². The Bertz CT molecular complexity index is 949. The molecule has 122 valence electrons. The summed E-state index contributed by atoms with van der Waals surface area (Å²) < 4.78 is 51.4. The highest BCUT2D eigenvalue weighted by Crippen LogP contribution is 2.26. The van der Waals surface area contributed by atoms with E-state index in [2.05, 4.69) is 4.90 Å². The van der Waals surface area contributed by atoms with E-state index in [0.717, 1.165) is 42.8 Å². The second kappa shape index (κ2) is 6.66. The van der Waals surface area contributed by atoms with E-state index in [1.54, 1.807) is 0 Å². The van der Waals surface area contributed by atoms with E-state index in [1.807, 2.05) is 28.8 Å². The van der Waals surface area contributed by atoms with Gasteiger partial charge in [0.05, 0.1) is 17.6 Å². The van der Waals surface area contributed by atoms with E-state index in [0.29, 0.717) is 6.54 Å². The molecule has 1 atom stereocenters. The molecule has 1 aromatic carbocycles. The molecule has 1 aromatic heterocycles. The lowest BCUT2D eigenvalue weighted by molar-refractivity contribution is 0.318. The highest BCUT2D eigenvalue weighted by Gasteiger charge is 2.19. The van der Waals surface area contributed by atoms with Gasteiger partial charge in [-0.05, 0) is 57.2 Å². The average molecular weight is 336 g/mol. The van der Waals surface area contributed by atoms with Gasteiger partial charge in [0.15, 0.2) is 0 Å². The molecule has 23 heavy (non-hydrogen) atoms. The number of imidazole rings is 1. The van der Waals surface area contributed by atoms with Crippen LogP contribution in [0.1, 0.15) is 46.0 Å². The fourth-order valence-electron chi connectivity index (χ4n) is 3.23. The maximum absolute atomic E-state index is 8.43. The smallest absolute Gasteiger partial charge is 0.124 e. The Morgan fingerprint density at radius 1 is 1.22 bits per heavy atom. The third-order valence-electron chi connectivity index (χ3n) is 4.39. The fourth-order valence-corrected chi connectivity index (χ4v) is 3.34. The molecule has 0 radical (unpaired) electrons. The molecule has 4 heteroatoms. The highest BCUT2D eigenvalue weighted by molar-refractivity contribution is 6.20. The van der Waals surface area contributed by atoms with Crippen LogP contribution in [-0.2, 0) is 13.1 Å². The van der Waals surface area contributed by atoms with Crippen molar-refractivity contribution in [3.8, 4) is 0 Å². The Balaban J connectivity index is 1.78. The van der Waals surface area contributed by atoms with Gasteiger partial charge in [0.25, 0.3) is 0 Å². The lowest BCUT2D eigenvalue weighted by Gasteiger charge is -2.20. The zero-order valence-corrected chi connectivity index (χ0v) is 13.7. The van der Waals surface area contributed by atoms with Gasteiger partial charge in [-0.25, -0.2) is 4.98 Å². The maximum atomic E-state index is 8.43. The van der Waals surface area contributed by atoms with Gasteiger partial charge in [-0.15, -0.1) is 11.6 Å². The van der Waals surface area contributed by atoms with E-state index in [1.165, 1.54) is 6.08 Å². The van der Waals surface area contributed by atoms with Crippen LogP contribution in [0.4, 0.5) is 0 Å². The third kappa shape index (κ3) is 3.31. The summed E-state index contributed by atoms with van der Waals surface area (Å²) in [6.07, 6.45) is -3.65. The summed E-state index contributed by atoms with van der Waals surface area (Å²) in [6, 6.07) is 7.59. The van der Waals surface area contributed by atoms with Crippen LogP contribution in [0.5, 0.6) is 0 Å². The van der Waals surface area contributed by atoms with Crippen molar-refractivity contribution < 1.29 is 8.22 Å². The van der Waals surface area contributed by atoms with Gasteiger partial charge in [-0.3, -0.25) is 4.90 Å². The molecule has 0 amide bonds. The van der Waals surface area contributed by atoms with E-state index in [-0.39, 0.29) is 12.1 Å². The van der Waals surface area contributed by atoms with Crippen molar-refractivity contribution in [2.75, 3.05) is 13.1 Å². The van der Waals surface area contributed by atoms with Crippen LogP contribution in [0, 0.1) is 0 Å². The molecule has 4 rings (SSSR count). The fraction of sp³-hybridized carbons (Fsp3) is 0.526. The zero-order valence-electron chi connectivity index (χ0n) is 18.9. The van der Waals surface area contributed by atoms with Crippen LogP contribution in [0.2, 0.25) is 0 Å². The third-order valence-corrected chi connectivity index (χ3v) is 4.62. The number of alkyl halides is 1. The van der Waals surface area contributed by atoms with Crippen molar-refractivity contribution >= 4 is 22.6 Å². The Morgan fingerprint density at radius 3 is 2.91 bits per heavy atom. The largest absolute Gasteiger partial charge is 0.323 e. The van der Waals surface area contributed by atoms with Crippen molar-refractivity contribution in [1.82, 2.24) is 14.5 Å². The number of benzene rings is 1. The number of likely N-dealkylation sites (tertiary alicyclic amines) is 1. The lowest BCUT2D eigenvalue weighted by Crippen LogP contribution is -2.22. The maximum Gasteiger partial charge on any atom is 0.124 e. The molecule has 0 bridgehead atoms. The first kappa shape index (κ1) is 9.85. The summed E-state index contributed by atoms with van der Waals surface area (Å²) in [5, 5.41) is -1.61. The number of nitrogens with zero attached hydrogens (tertiary/aromatic N) is 3. The first-order valence-corrected chi connectivity index (χ1v) is 8.50. The average Bonchev–Trinajstić information content (AvgIpc) is 3.28. The monoisotopic (exact) mass is 335 g/mol. The number of rotatable bonds is 4. The minimum absolute atomic E-state index is 0.0271. The molecule has 3 nitrogen and oxygen atoms in total. The van der Waals surface area contributed by atoms with Gasteiger partial charge >= 0.3 is 0 Å². The number of hydrogen-bond acceptors (Lipinski definition) is 2. The molecule has 1 aliphatic carbocycles. The molecule has 0 N–H and O–H groups in total. The van der Waals surface area contributed by atoms with Gasteiger partial charge < -0.3 is 4.57 Å². The molecule has 0 spiro atoms. The van der Waals surface area contributed by atoms with Crippen LogP contribution >= 0.6 is 11.6 Å². The molecule has 1 unspecified atom stereocenters. The van der Waals surface area contributed by atoms with Crippen molar-refractivity contribution in [2.45, 2.75) is 50.4 Å². The normalized spacial score (nSPS) is 33.1. The molecule has 0 saturated carbocycles. The van der Waals surface area contributed by atoms with Gasteiger partial charge in [0.2, 0.25) is 0 Å². The van der Waals surface area contributed by atoms with Crippen LogP contribution in [0.25, 0.3) is 11.0 Å².